The van der Waals surface area contributed by atoms with Crippen LogP contribution in [0.5, 0.6) is 0 Å². The quantitative estimate of drug-likeness (QED) is 0.652. The summed E-state index contributed by atoms with van der Waals surface area (Å²) >= 11 is 0. The molecule has 0 aromatic carbocycles. The highest BCUT2D eigenvalue weighted by Crippen LogP contribution is 2.57. The zero-order valence-corrected chi connectivity index (χ0v) is 14.3. The Labute approximate surface area is 125 Å². The summed E-state index contributed by atoms with van der Waals surface area (Å²) < 4.78 is 0. The molecular weight excluding hydrogens is 244 g/mol. The van der Waals surface area contributed by atoms with Crippen LogP contribution in [0.3, 0.4) is 0 Å². The molecule has 2 saturated carbocycles. The van der Waals surface area contributed by atoms with Crippen molar-refractivity contribution in [3.8, 4) is 0 Å². The number of rotatable bonds is 4. The van der Waals surface area contributed by atoms with Gasteiger partial charge in [-0.15, -0.1) is 0 Å². The van der Waals surface area contributed by atoms with E-state index in [4.69, 9.17) is 0 Å². The van der Waals surface area contributed by atoms with Crippen molar-refractivity contribution in [2.75, 3.05) is 0 Å². The highest BCUT2D eigenvalue weighted by atomic mass is 16.1. The number of fused-ring (bicyclic) bond motifs is 1. The molecule has 0 aliphatic heterocycles. The summed E-state index contributed by atoms with van der Waals surface area (Å²) in [6, 6.07) is 0. The molecule has 0 amide bonds. The molecule has 0 aromatic heterocycles. The van der Waals surface area contributed by atoms with Gasteiger partial charge in [-0.05, 0) is 54.8 Å². The minimum atomic E-state index is 0.330. The van der Waals surface area contributed by atoms with E-state index in [1.54, 1.807) is 0 Å². The number of hydrogen-bond donors (Lipinski definition) is 0. The number of Topliss-reactive ketones (excluding diaryl/α,β-unsaturated/α-hetero) is 1. The van der Waals surface area contributed by atoms with Crippen molar-refractivity contribution in [1.29, 1.82) is 0 Å². The maximum absolute atomic E-state index is 12.2. The summed E-state index contributed by atoms with van der Waals surface area (Å²) in [4.78, 5) is 12.2. The molecule has 0 aromatic rings. The minimum Gasteiger partial charge on any atom is -0.299 e. The Bertz CT molecular complexity index is 351. The van der Waals surface area contributed by atoms with E-state index in [0.717, 1.165) is 24.7 Å². The Kier molecular flexibility index (Phi) is 4.66. The first-order valence-electron chi connectivity index (χ1n) is 8.77. The minimum absolute atomic E-state index is 0.330. The zero-order valence-electron chi connectivity index (χ0n) is 14.3. The standard InChI is InChI=1S/C19H34O/c1-14(8-6-12-18(2,3)4)15-10-11-16-17(20)9-7-13-19(15,16)5/h14-16H,6-13H2,1-5H3/t14-,15+,16+,19+/m0/s1. The van der Waals surface area contributed by atoms with Gasteiger partial charge < -0.3 is 0 Å². The Balaban J connectivity index is 1.93. The summed E-state index contributed by atoms with van der Waals surface area (Å²) in [5, 5.41) is 0. The molecule has 116 valence electrons. The second kappa shape index (κ2) is 5.81. The SMILES string of the molecule is C[C@@H](CCCC(C)(C)C)[C@H]1CC[C@@H]2C(=O)CCC[C@@]21C. The Morgan fingerprint density at radius 3 is 2.65 bits per heavy atom. The van der Waals surface area contributed by atoms with Gasteiger partial charge in [-0.25, -0.2) is 0 Å². The number of carbonyl (C=O) groups is 1. The topological polar surface area (TPSA) is 17.1 Å². The van der Waals surface area contributed by atoms with E-state index in [9.17, 15) is 4.79 Å². The fraction of sp³-hybridized carbons (Fsp3) is 0.947. The van der Waals surface area contributed by atoms with Crippen LogP contribution in [0.1, 0.15) is 86.0 Å². The predicted octanol–water partition coefficient (Wildman–Crippen LogP) is 5.62. The number of ketones is 1. The second-order valence-corrected chi connectivity index (χ2v) is 8.99. The van der Waals surface area contributed by atoms with Gasteiger partial charge >= 0.3 is 0 Å². The number of hydrogen-bond acceptors (Lipinski definition) is 1. The molecule has 0 saturated heterocycles. The molecule has 2 aliphatic rings. The molecule has 0 bridgehead atoms. The first kappa shape index (κ1) is 16.0. The van der Waals surface area contributed by atoms with E-state index in [1.807, 2.05) is 0 Å². The Morgan fingerprint density at radius 1 is 1.30 bits per heavy atom. The molecule has 0 heterocycles. The average Bonchev–Trinajstić information content (AvgIpc) is 2.66. The molecule has 0 unspecified atom stereocenters. The monoisotopic (exact) mass is 278 g/mol. The second-order valence-electron chi connectivity index (χ2n) is 8.99. The third-order valence-corrected chi connectivity index (χ3v) is 6.21. The highest BCUT2D eigenvalue weighted by Gasteiger charge is 2.52. The lowest BCUT2D eigenvalue weighted by molar-refractivity contribution is -0.130. The van der Waals surface area contributed by atoms with Crippen LogP contribution in [-0.2, 0) is 4.79 Å². The van der Waals surface area contributed by atoms with Crippen molar-refractivity contribution in [2.24, 2.45) is 28.6 Å². The fourth-order valence-corrected chi connectivity index (χ4v) is 5.06. The van der Waals surface area contributed by atoms with Crippen LogP contribution in [0.25, 0.3) is 0 Å². The molecule has 4 atom stereocenters. The van der Waals surface area contributed by atoms with Crippen molar-refractivity contribution in [3.63, 3.8) is 0 Å². The lowest BCUT2D eigenvalue weighted by Gasteiger charge is -2.42. The molecular formula is C19H34O. The van der Waals surface area contributed by atoms with E-state index in [0.29, 0.717) is 22.5 Å². The van der Waals surface area contributed by atoms with Crippen molar-refractivity contribution >= 4 is 5.78 Å². The summed E-state index contributed by atoms with van der Waals surface area (Å²) in [7, 11) is 0. The van der Waals surface area contributed by atoms with Crippen molar-refractivity contribution in [1.82, 2.24) is 0 Å². The van der Waals surface area contributed by atoms with Gasteiger partial charge in [-0.2, -0.15) is 0 Å². The van der Waals surface area contributed by atoms with E-state index >= 15 is 0 Å². The molecule has 20 heavy (non-hydrogen) atoms. The van der Waals surface area contributed by atoms with Crippen LogP contribution in [0.2, 0.25) is 0 Å². The molecule has 2 aliphatic carbocycles. The van der Waals surface area contributed by atoms with Gasteiger partial charge in [-0.3, -0.25) is 4.79 Å². The van der Waals surface area contributed by atoms with Gasteiger partial charge in [-0.1, -0.05) is 47.5 Å². The van der Waals surface area contributed by atoms with Gasteiger partial charge in [0.1, 0.15) is 5.78 Å². The van der Waals surface area contributed by atoms with Crippen LogP contribution in [0, 0.1) is 28.6 Å². The average molecular weight is 278 g/mol. The predicted molar refractivity (Wildman–Crippen MR) is 85.6 cm³/mol. The molecule has 0 spiro atoms. The highest BCUT2D eigenvalue weighted by molar-refractivity contribution is 5.83. The van der Waals surface area contributed by atoms with Crippen molar-refractivity contribution in [3.05, 3.63) is 0 Å². The zero-order chi connectivity index (χ0) is 15.0. The normalized spacial score (nSPS) is 36.0. The molecule has 2 fully saturated rings. The molecule has 0 radical (unpaired) electrons. The van der Waals surface area contributed by atoms with Crippen LogP contribution < -0.4 is 0 Å². The van der Waals surface area contributed by atoms with Crippen molar-refractivity contribution in [2.45, 2.75) is 86.0 Å². The lowest BCUT2D eigenvalue weighted by Crippen LogP contribution is -2.39. The summed E-state index contributed by atoms with van der Waals surface area (Å²) in [5.74, 6) is 2.55. The van der Waals surface area contributed by atoms with E-state index in [1.165, 1.54) is 38.5 Å². The van der Waals surface area contributed by atoms with Gasteiger partial charge in [0.2, 0.25) is 0 Å². The molecule has 1 nitrogen and oxygen atoms in total. The van der Waals surface area contributed by atoms with Gasteiger partial charge in [0.05, 0.1) is 0 Å². The summed E-state index contributed by atoms with van der Waals surface area (Å²) in [6.45, 7) is 11.9. The third kappa shape index (κ3) is 3.28. The van der Waals surface area contributed by atoms with Crippen LogP contribution in [-0.4, -0.2) is 5.78 Å². The Hall–Kier alpha value is -0.330. The Morgan fingerprint density at radius 2 is 2.00 bits per heavy atom. The first-order chi connectivity index (χ1) is 9.24. The molecule has 2 rings (SSSR count). The lowest BCUT2D eigenvalue weighted by atomic mass is 9.62. The first-order valence-corrected chi connectivity index (χ1v) is 8.77. The molecule has 0 N–H and O–H groups in total. The maximum Gasteiger partial charge on any atom is 0.136 e. The van der Waals surface area contributed by atoms with Gasteiger partial charge in [0, 0.05) is 12.3 Å². The summed E-state index contributed by atoms with van der Waals surface area (Å²) in [5.41, 5.74) is 0.791. The van der Waals surface area contributed by atoms with Gasteiger partial charge in [0.15, 0.2) is 0 Å². The van der Waals surface area contributed by atoms with Crippen LogP contribution in [0.4, 0.5) is 0 Å². The largest absolute Gasteiger partial charge is 0.299 e. The maximum atomic E-state index is 12.2. The van der Waals surface area contributed by atoms with E-state index in [-0.39, 0.29) is 0 Å². The summed E-state index contributed by atoms with van der Waals surface area (Å²) in [6.07, 6.45) is 9.75. The fourth-order valence-electron chi connectivity index (χ4n) is 5.06. The third-order valence-electron chi connectivity index (χ3n) is 6.21. The van der Waals surface area contributed by atoms with Crippen molar-refractivity contribution < 1.29 is 4.79 Å². The smallest absolute Gasteiger partial charge is 0.136 e. The van der Waals surface area contributed by atoms with Gasteiger partial charge in [0.25, 0.3) is 0 Å². The number of carbonyl (C=O) groups excluding carboxylic acids is 1. The van der Waals surface area contributed by atoms with E-state index in [2.05, 4.69) is 34.6 Å². The van der Waals surface area contributed by atoms with Crippen LogP contribution in [0.15, 0.2) is 0 Å². The molecule has 1 heteroatoms. The van der Waals surface area contributed by atoms with E-state index < -0.39 is 0 Å². The van der Waals surface area contributed by atoms with Crippen LogP contribution >= 0.6 is 0 Å².